The number of aryl methyl sites for hydroxylation is 1. The highest BCUT2D eigenvalue weighted by Gasteiger charge is 2.49. The molecule has 2 aliphatic heterocycles. The lowest BCUT2D eigenvalue weighted by Crippen LogP contribution is -2.65. The number of aromatic nitrogens is 2. The molecule has 2 bridgehead atoms. The van der Waals surface area contributed by atoms with E-state index in [2.05, 4.69) is 10.1 Å². The van der Waals surface area contributed by atoms with Crippen molar-refractivity contribution in [1.29, 1.82) is 0 Å². The highest BCUT2D eigenvalue weighted by atomic mass is 35.5. The molecule has 2 N–H and O–H groups in total. The molecular weight excluding hydrogens is 775 g/mol. The molecular formula is C39H37Cl2F2N5O8. The summed E-state index contributed by atoms with van der Waals surface area (Å²) in [5.74, 6) is -1.34. The van der Waals surface area contributed by atoms with Crippen LogP contribution in [0.2, 0.25) is 10.0 Å². The molecule has 1 aliphatic carbocycles. The monoisotopic (exact) mass is 811 g/mol. The summed E-state index contributed by atoms with van der Waals surface area (Å²) < 4.78 is 44.8. The SMILES string of the molecule is COCCCc1cc(CN(C(=O)C2=C(c3ccc(OCc4cc(-c5c(F)ccc(F)c5Cl)no4)cc3)C[C@@H]3CN(C(=O)O)C[C@H]2N3C(=O)O)C2CC2)c(Cl)cn1. The van der Waals surface area contributed by atoms with E-state index in [0.717, 1.165) is 42.0 Å². The Morgan fingerprint density at radius 1 is 1.02 bits per heavy atom. The summed E-state index contributed by atoms with van der Waals surface area (Å²) in [6.07, 6.45) is 2.10. The quantitative estimate of drug-likeness (QED) is 0.102. The van der Waals surface area contributed by atoms with Gasteiger partial charge >= 0.3 is 12.2 Å². The number of benzene rings is 2. The molecule has 0 radical (unpaired) electrons. The number of pyridine rings is 1. The molecule has 7 rings (SSSR count). The molecule has 2 aromatic carbocycles. The number of hydrogen-bond acceptors (Lipinski definition) is 8. The van der Waals surface area contributed by atoms with Crippen LogP contribution in [-0.2, 0) is 29.1 Å². The third kappa shape index (κ3) is 8.15. The number of carbonyl (C=O) groups excluding carboxylic acids is 1. The van der Waals surface area contributed by atoms with Crippen molar-refractivity contribution in [3.8, 4) is 17.0 Å². The number of methoxy groups -OCH3 is 1. The number of carbonyl (C=O) groups is 3. The fourth-order valence-electron chi connectivity index (χ4n) is 7.34. The maximum Gasteiger partial charge on any atom is 0.408 e. The van der Waals surface area contributed by atoms with Crippen molar-refractivity contribution < 1.29 is 47.4 Å². The Balaban J connectivity index is 1.19. The lowest BCUT2D eigenvalue weighted by Gasteiger charge is -2.49. The largest absolute Gasteiger partial charge is 0.486 e. The normalized spacial score (nSPS) is 17.9. The van der Waals surface area contributed by atoms with Crippen molar-refractivity contribution in [3.63, 3.8) is 0 Å². The van der Waals surface area contributed by atoms with Gasteiger partial charge < -0.3 is 34.0 Å². The molecule has 1 saturated heterocycles. The average molecular weight is 813 g/mol. The van der Waals surface area contributed by atoms with Crippen LogP contribution >= 0.6 is 23.2 Å². The maximum absolute atomic E-state index is 14.9. The van der Waals surface area contributed by atoms with Gasteiger partial charge in [-0.2, -0.15) is 0 Å². The summed E-state index contributed by atoms with van der Waals surface area (Å²) in [6, 6.07) is 10.1. The summed E-state index contributed by atoms with van der Waals surface area (Å²) in [6.45, 7) is 0.326. The Hall–Kier alpha value is -5.25. The zero-order valence-electron chi connectivity index (χ0n) is 30.1. The number of nitrogens with zero attached hydrogens (tertiary/aromatic N) is 5. The number of rotatable bonds is 13. The minimum Gasteiger partial charge on any atom is -0.486 e. The van der Waals surface area contributed by atoms with Gasteiger partial charge in [-0.05, 0) is 79.1 Å². The Labute approximate surface area is 330 Å². The molecule has 0 spiro atoms. The topological polar surface area (TPSA) is 159 Å². The first kappa shape index (κ1) is 39.0. The Bertz CT molecular complexity index is 2180. The van der Waals surface area contributed by atoms with Gasteiger partial charge in [0.1, 0.15) is 29.7 Å². The first-order chi connectivity index (χ1) is 26.9. The number of halogens is 4. The molecule has 3 aliphatic rings. The molecule has 13 nitrogen and oxygen atoms in total. The minimum absolute atomic E-state index is 0.00115. The zero-order valence-corrected chi connectivity index (χ0v) is 31.6. The van der Waals surface area contributed by atoms with E-state index >= 15 is 0 Å². The van der Waals surface area contributed by atoms with Crippen LogP contribution in [0.3, 0.4) is 0 Å². The van der Waals surface area contributed by atoms with E-state index in [1.54, 1.807) is 42.5 Å². The van der Waals surface area contributed by atoms with Gasteiger partial charge in [0.15, 0.2) is 5.76 Å². The second-order valence-corrected chi connectivity index (χ2v) is 14.7. The minimum atomic E-state index is -1.24. The highest BCUT2D eigenvalue weighted by molar-refractivity contribution is 6.33. The second kappa shape index (κ2) is 16.5. The number of fused-ring (bicyclic) bond motifs is 2. The van der Waals surface area contributed by atoms with Gasteiger partial charge in [0.05, 0.1) is 27.7 Å². The standard InChI is InChI=1S/C39H37Cl2F2N5O8/c1-54-12-2-3-23-13-22(29(40)16-44-23)17-47(24-6-7-24)37(49)34-28(14-25-18-46(38(50)51)19-33(34)48(25)39(52)53)21-4-8-26(9-5-21)55-20-27-15-32(45-56-27)35-30(42)10-11-31(43)36(35)41/h4-5,8-11,13,15-16,24-25,33H,2-3,6-7,12,14,17-20H2,1H3,(H,50,51)(H,52,53)/t25-,33-/m1/s1. The molecule has 4 heterocycles. The van der Waals surface area contributed by atoms with Crippen LogP contribution in [0, 0.1) is 11.6 Å². The van der Waals surface area contributed by atoms with Crippen molar-refractivity contribution in [2.45, 2.75) is 63.4 Å². The third-order valence-corrected chi connectivity index (χ3v) is 10.9. The van der Waals surface area contributed by atoms with Gasteiger partial charge in [0.25, 0.3) is 5.91 Å². The molecule has 2 atom stereocenters. The lowest BCUT2D eigenvalue weighted by molar-refractivity contribution is -0.129. The second-order valence-electron chi connectivity index (χ2n) is 13.9. The Morgan fingerprint density at radius 3 is 2.46 bits per heavy atom. The molecule has 1 saturated carbocycles. The summed E-state index contributed by atoms with van der Waals surface area (Å²) in [5.41, 5.74) is 2.71. The van der Waals surface area contributed by atoms with E-state index in [4.69, 9.17) is 37.2 Å². The molecule has 0 unspecified atom stereocenters. The van der Waals surface area contributed by atoms with E-state index in [-0.39, 0.29) is 61.3 Å². The molecule has 2 aromatic heterocycles. The van der Waals surface area contributed by atoms with E-state index in [0.29, 0.717) is 40.5 Å². The van der Waals surface area contributed by atoms with Crippen molar-refractivity contribution in [2.75, 3.05) is 26.8 Å². The van der Waals surface area contributed by atoms with E-state index < -0.39 is 46.8 Å². The summed E-state index contributed by atoms with van der Waals surface area (Å²) >= 11 is 12.6. The third-order valence-electron chi connectivity index (χ3n) is 10.2. The fourth-order valence-corrected chi connectivity index (χ4v) is 7.76. The smallest absolute Gasteiger partial charge is 0.408 e. The predicted octanol–water partition coefficient (Wildman–Crippen LogP) is 7.54. The first-order valence-corrected chi connectivity index (χ1v) is 18.7. The van der Waals surface area contributed by atoms with Gasteiger partial charge in [-0.3, -0.25) is 14.7 Å². The fraction of sp³-hybridized carbons (Fsp3) is 0.359. The van der Waals surface area contributed by atoms with Crippen LogP contribution < -0.4 is 4.74 Å². The molecule has 56 heavy (non-hydrogen) atoms. The molecule has 294 valence electrons. The Kier molecular flexibility index (Phi) is 11.5. The highest BCUT2D eigenvalue weighted by Crippen LogP contribution is 2.42. The van der Waals surface area contributed by atoms with Crippen molar-refractivity contribution >= 4 is 46.9 Å². The average Bonchev–Trinajstić information content (AvgIpc) is 3.91. The van der Waals surface area contributed by atoms with Crippen molar-refractivity contribution in [1.82, 2.24) is 24.8 Å². The van der Waals surface area contributed by atoms with Crippen LogP contribution in [0.15, 0.2) is 64.8 Å². The van der Waals surface area contributed by atoms with Gasteiger partial charge in [-0.15, -0.1) is 0 Å². The van der Waals surface area contributed by atoms with E-state index in [1.165, 1.54) is 11.0 Å². The summed E-state index contributed by atoms with van der Waals surface area (Å²) in [5, 5.41) is 24.1. The summed E-state index contributed by atoms with van der Waals surface area (Å²) in [7, 11) is 1.63. The number of carboxylic acid groups (broad SMARTS) is 2. The van der Waals surface area contributed by atoms with E-state index in [9.17, 15) is 33.4 Å². The summed E-state index contributed by atoms with van der Waals surface area (Å²) in [4.78, 5) is 48.4. The molecule has 2 fully saturated rings. The van der Waals surface area contributed by atoms with Crippen LogP contribution in [0.4, 0.5) is 18.4 Å². The Morgan fingerprint density at radius 2 is 1.77 bits per heavy atom. The molecule has 3 amide bonds. The van der Waals surface area contributed by atoms with Crippen molar-refractivity contribution in [3.05, 3.63) is 105 Å². The van der Waals surface area contributed by atoms with Crippen LogP contribution in [0.5, 0.6) is 5.75 Å². The van der Waals surface area contributed by atoms with Crippen LogP contribution in [0.1, 0.15) is 48.3 Å². The van der Waals surface area contributed by atoms with Crippen LogP contribution in [-0.4, -0.2) is 98.1 Å². The maximum atomic E-state index is 14.9. The number of hydrogen-bond donors (Lipinski definition) is 2. The van der Waals surface area contributed by atoms with Gasteiger partial charge in [0, 0.05) is 62.9 Å². The predicted molar refractivity (Wildman–Crippen MR) is 199 cm³/mol. The first-order valence-electron chi connectivity index (χ1n) is 17.9. The van der Waals surface area contributed by atoms with Gasteiger partial charge in [-0.25, -0.2) is 18.4 Å². The van der Waals surface area contributed by atoms with E-state index in [1.807, 2.05) is 6.07 Å². The lowest BCUT2D eigenvalue weighted by atomic mass is 9.81. The molecule has 17 heteroatoms. The number of piperazine rings is 1. The van der Waals surface area contributed by atoms with Gasteiger partial charge in [-0.1, -0.05) is 40.5 Å². The van der Waals surface area contributed by atoms with Gasteiger partial charge in [0.2, 0.25) is 0 Å². The number of amides is 3. The molecule has 4 aromatic rings. The zero-order chi connectivity index (χ0) is 39.7. The van der Waals surface area contributed by atoms with Crippen LogP contribution in [0.25, 0.3) is 16.8 Å². The number of ether oxygens (including phenoxy) is 2. The van der Waals surface area contributed by atoms with Crippen molar-refractivity contribution in [2.24, 2.45) is 0 Å².